The van der Waals surface area contributed by atoms with Gasteiger partial charge >= 0.3 is 24.7 Å². The molecule has 1 heterocycles. The molecule has 0 saturated heterocycles. The lowest BCUT2D eigenvalue weighted by Crippen LogP contribution is -2.55. The van der Waals surface area contributed by atoms with Gasteiger partial charge in [0, 0.05) is 19.0 Å². The Bertz CT molecular complexity index is 1500. The lowest BCUT2D eigenvalue weighted by Gasteiger charge is -2.37. The highest BCUT2D eigenvalue weighted by Crippen LogP contribution is 2.38. The number of halogens is 6. The van der Waals surface area contributed by atoms with E-state index < -0.39 is 47.8 Å². The number of hydrogen-bond acceptors (Lipinski definition) is 5. The summed E-state index contributed by atoms with van der Waals surface area (Å²) in [6, 6.07) is 14.8. The monoisotopic (exact) mass is 622 g/mol. The number of ether oxygens (including phenoxy) is 2. The van der Waals surface area contributed by atoms with Crippen LogP contribution in [0.5, 0.6) is 11.5 Å². The molecule has 0 bridgehead atoms. The van der Waals surface area contributed by atoms with Crippen molar-refractivity contribution in [2.24, 2.45) is 0 Å². The van der Waals surface area contributed by atoms with Gasteiger partial charge < -0.3 is 30.2 Å². The third kappa shape index (κ3) is 8.65. The quantitative estimate of drug-likeness (QED) is 0.159. The number of rotatable bonds is 11. The van der Waals surface area contributed by atoms with Gasteiger partial charge in [0.1, 0.15) is 17.5 Å². The van der Waals surface area contributed by atoms with E-state index in [0.717, 1.165) is 24.3 Å². The summed E-state index contributed by atoms with van der Waals surface area (Å²) >= 11 is 0. The van der Waals surface area contributed by atoms with Gasteiger partial charge in [0.05, 0.1) is 17.6 Å². The van der Waals surface area contributed by atoms with Crippen LogP contribution in [0.25, 0.3) is 0 Å². The summed E-state index contributed by atoms with van der Waals surface area (Å²) < 4.78 is 87.0. The smallest absolute Gasteiger partial charge is 0.480 e. The molecule has 1 aromatic heterocycles. The molecule has 44 heavy (non-hydrogen) atoms. The molecule has 0 spiro atoms. The predicted octanol–water partition coefficient (Wildman–Crippen LogP) is 5.69. The van der Waals surface area contributed by atoms with Crippen LogP contribution < -0.4 is 20.1 Å². The highest BCUT2D eigenvalue weighted by molar-refractivity contribution is 5.83. The maximum atomic E-state index is 13.5. The number of H-pyrrole nitrogens is 1. The first-order chi connectivity index (χ1) is 20.7. The maximum absolute atomic E-state index is 13.5. The van der Waals surface area contributed by atoms with Crippen LogP contribution in [-0.2, 0) is 23.2 Å². The van der Waals surface area contributed by atoms with Gasteiger partial charge in [-0.15, -0.1) is 26.3 Å². The van der Waals surface area contributed by atoms with Crippen molar-refractivity contribution < 1.29 is 50.5 Å². The molecule has 0 radical (unpaired) electrons. The van der Waals surface area contributed by atoms with Gasteiger partial charge in [-0.3, -0.25) is 0 Å². The average Bonchev–Trinajstić information content (AvgIpc) is 3.44. The van der Waals surface area contributed by atoms with Crippen LogP contribution in [0, 0.1) is 0 Å². The highest BCUT2D eigenvalue weighted by Gasteiger charge is 2.40. The van der Waals surface area contributed by atoms with E-state index in [-0.39, 0.29) is 24.0 Å². The number of hydrogen-bond donors (Lipinski definition) is 4. The van der Waals surface area contributed by atoms with Gasteiger partial charge in [0.25, 0.3) is 0 Å². The topological polar surface area (TPSA) is 126 Å². The molecule has 0 fully saturated rings. The van der Waals surface area contributed by atoms with Crippen molar-refractivity contribution in [3.05, 3.63) is 114 Å². The second-order valence-electron chi connectivity index (χ2n) is 9.47. The Morgan fingerprint density at radius 1 is 0.841 bits per heavy atom. The van der Waals surface area contributed by atoms with Crippen LogP contribution in [0.3, 0.4) is 0 Å². The number of carboxylic acids is 1. The Kier molecular flexibility index (Phi) is 9.35. The van der Waals surface area contributed by atoms with Gasteiger partial charge in [-0.2, -0.15) is 0 Å². The van der Waals surface area contributed by atoms with Crippen molar-refractivity contribution in [1.82, 2.24) is 20.6 Å². The molecule has 0 aliphatic rings. The minimum absolute atomic E-state index is 0.0263. The number of aromatic nitrogens is 2. The number of benzene rings is 3. The van der Waals surface area contributed by atoms with Crippen molar-refractivity contribution >= 4 is 12.0 Å². The van der Waals surface area contributed by atoms with Gasteiger partial charge in [-0.25, -0.2) is 14.6 Å². The maximum Gasteiger partial charge on any atom is 0.573 e. The van der Waals surface area contributed by atoms with Crippen LogP contribution in [0.2, 0.25) is 0 Å². The van der Waals surface area contributed by atoms with E-state index in [1.54, 1.807) is 30.3 Å². The number of imidazole rings is 1. The lowest BCUT2D eigenvalue weighted by atomic mass is 9.77. The van der Waals surface area contributed by atoms with Crippen LogP contribution in [0.15, 0.2) is 91.4 Å². The fourth-order valence-corrected chi connectivity index (χ4v) is 4.58. The zero-order chi connectivity index (χ0) is 32.0. The summed E-state index contributed by atoms with van der Waals surface area (Å²) in [5.41, 5.74) is -1.12. The molecule has 0 saturated carbocycles. The number of aromatic amines is 1. The number of carboxylic acid groups (broad SMARTS) is 1. The lowest BCUT2D eigenvalue weighted by molar-refractivity contribution is -0.275. The van der Waals surface area contributed by atoms with Crippen molar-refractivity contribution in [3.63, 3.8) is 0 Å². The van der Waals surface area contributed by atoms with Gasteiger partial charge in [-0.05, 0) is 41.0 Å². The van der Waals surface area contributed by atoms with E-state index in [1.807, 2.05) is 0 Å². The number of urea groups is 1. The largest absolute Gasteiger partial charge is 0.573 e. The van der Waals surface area contributed by atoms with Gasteiger partial charge in [0.15, 0.2) is 0 Å². The van der Waals surface area contributed by atoms with Gasteiger partial charge in [0.2, 0.25) is 0 Å². The van der Waals surface area contributed by atoms with Crippen LogP contribution in [0.4, 0.5) is 31.1 Å². The Morgan fingerprint density at radius 3 is 1.89 bits per heavy atom. The fourth-order valence-electron chi connectivity index (χ4n) is 4.58. The second kappa shape index (κ2) is 13.0. The van der Waals surface area contributed by atoms with E-state index in [2.05, 4.69) is 30.1 Å². The van der Waals surface area contributed by atoms with Crippen LogP contribution in [0.1, 0.15) is 22.4 Å². The Hall–Kier alpha value is -5.21. The summed E-state index contributed by atoms with van der Waals surface area (Å²) in [5, 5.41) is 14.7. The number of alkyl halides is 6. The van der Waals surface area contributed by atoms with E-state index in [4.69, 9.17) is 0 Å². The number of aliphatic carboxylic acids is 1. The molecule has 0 aliphatic heterocycles. The molecule has 0 unspecified atom stereocenters. The highest BCUT2D eigenvalue weighted by atomic mass is 19.4. The third-order valence-corrected chi connectivity index (χ3v) is 6.33. The van der Waals surface area contributed by atoms with E-state index >= 15 is 0 Å². The predicted molar refractivity (Wildman–Crippen MR) is 143 cm³/mol. The number of nitrogens with zero attached hydrogens (tertiary/aromatic N) is 1. The SMILES string of the molecule is O=C(N[C@@H](Cc1c[nH]cn1)C(=O)O)NC(Cc1ccccc1)(c1cccc(OC(F)(F)F)c1)c1cccc(OC(F)(F)F)c1. The molecule has 4 rings (SSSR count). The zero-order valence-corrected chi connectivity index (χ0v) is 22.4. The number of nitrogens with one attached hydrogen (secondary N) is 3. The molecule has 0 aliphatic carbocycles. The molecule has 4 aromatic rings. The van der Waals surface area contributed by atoms with Crippen molar-refractivity contribution in [2.45, 2.75) is 37.1 Å². The Balaban J connectivity index is 1.86. The number of amides is 2. The standard InChI is InChI=1S/C29H24F6N4O5/c30-28(31,32)43-22-10-4-8-19(12-22)27(15-18-6-2-1-3-7-18,20-9-5-11-23(13-20)44-29(33,34)35)39-26(42)38-24(25(40)41)14-21-16-36-17-37-21/h1-13,16-17,24H,14-15H2,(H,36,37)(H,40,41)(H2,38,39,42)/t24-/m0/s1. The first-order valence-electron chi connectivity index (χ1n) is 12.8. The average molecular weight is 623 g/mol. The number of carbonyl (C=O) groups is 2. The molecular formula is C29H24F6N4O5. The third-order valence-electron chi connectivity index (χ3n) is 6.33. The van der Waals surface area contributed by atoms with Crippen molar-refractivity contribution in [1.29, 1.82) is 0 Å². The first-order valence-corrected chi connectivity index (χ1v) is 12.8. The van der Waals surface area contributed by atoms with E-state index in [9.17, 15) is 41.0 Å². The fraction of sp³-hybridized carbons (Fsp3) is 0.207. The Labute approximate surface area is 245 Å². The summed E-state index contributed by atoms with van der Waals surface area (Å²) in [6.07, 6.45) is -7.86. The van der Waals surface area contributed by atoms with Crippen LogP contribution >= 0.6 is 0 Å². The molecule has 232 valence electrons. The molecule has 4 N–H and O–H groups in total. The van der Waals surface area contributed by atoms with Crippen molar-refractivity contribution in [3.8, 4) is 11.5 Å². The molecule has 9 nitrogen and oxygen atoms in total. The van der Waals surface area contributed by atoms with E-state index in [0.29, 0.717) is 11.3 Å². The summed E-state index contributed by atoms with van der Waals surface area (Å²) in [4.78, 5) is 32.1. The van der Waals surface area contributed by atoms with Crippen molar-refractivity contribution in [2.75, 3.05) is 0 Å². The summed E-state index contributed by atoms with van der Waals surface area (Å²) in [5.74, 6) is -2.75. The molecule has 15 heteroatoms. The van der Waals surface area contributed by atoms with Gasteiger partial charge in [-0.1, -0.05) is 54.6 Å². The summed E-state index contributed by atoms with van der Waals surface area (Å²) in [7, 11) is 0. The molecule has 3 aromatic carbocycles. The molecule has 2 amide bonds. The normalized spacial score (nSPS) is 12.7. The minimum Gasteiger partial charge on any atom is -0.480 e. The second-order valence-corrected chi connectivity index (χ2v) is 9.47. The van der Waals surface area contributed by atoms with E-state index in [1.165, 1.54) is 36.8 Å². The molecule has 1 atom stereocenters. The summed E-state index contributed by atoms with van der Waals surface area (Å²) in [6.45, 7) is 0. The number of carbonyl (C=O) groups excluding carboxylic acids is 1. The zero-order valence-electron chi connectivity index (χ0n) is 22.4. The first kappa shape index (κ1) is 31.7. The molecular weight excluding hydrogens is 598 g/mol. The Morgan fingerprint density at radius 2 is 1.41 bits per heavy atom. The van der Waals surface area contributed by atoms with Crippen LogP contribution in [-0.4, -0.2) is 45.8 Å². The minimum atomic E-state index is -5.08.